The third-order valence-corrected chi connectivity index (χ3v) is 2.85. The number of carbonyl (C=O) groups excluding carboxylic acids is 1. The van der Waals surface area contributed by atoms with E-state index in [-0.39, 0.29) is 5.78 Å². The maximum absolute atomic E-state index is 12.1. The van der Waals surface area contributed by atoms with Crippen molar-refractivity contribution < 1.29 is 9.53 Å². The van der Waals surface area contributed by atoms with Gasteiger partial charge >= 0.3 is 0 Å². The average molecular weight is 240 g/mol. The molecule has 2 rings (SSSR count). The van der Waals surface area contributed by atoms with Crippen molar-refractivity contribution in [2.24, 2.45) is 0 Å². The van der Waals surface area contributed by atoms with E-state index in [1.165, 1.54) is 5.56 Å². The van der Waals surface area contributed by atoms with Gasteiger partial charge in [0, 0.05) is 18.2 Å². The summed E-state index contributed by atoms with van der Waals surface area (Å²) in [5.74, 6) is 0.0638. The van der Waals surface area contributed by atoms with E-state index in [4.69, 9.17) is 4.74 Å². The van der Waals surface area contributed by atoms with E-state index in [2.05, 4.69) is 0 Å². The van der Waals surface area contributed by atoms with Gasteiger partial charge in [-0.05, 0) is 12.0 Å². The van der Waals surface area contributed by atoms with Gasteiger partial charge in [0.25, 0.3) is 0 Å². The first-order valence-electron chi connectivity index (χ1n) is 5.99. The predicted molar refractivity (Wildman–Crippen MR) is 71.9 cm³/mol. The molecule has 18 heavy (non-hydrogen) atoms. The molecule has 92 valence electrons. The predicted octanol–water partition coefficient (Wildman–Crippen LogP) is 3.11. The monoisotopic (exact) mass is 240 g/mol. The third kappa shape index (κ3) is 3.05. The Labute approximate surface area is 107 Å². The number of methoxy groups -OCH3 is 1. The maximum Gasteiger partial charge on any atom is 0.193 e. The minimum absolute atomic E-state index is 0.0638. The molecule has 0 fully saturated rings. The molecule has 0 N–H and O–H groups in total. The van der Waals surface area contributed by atoms with Crippen molar-refractivity contribution in [1.82, 2.24) is 0 Å². The van der Waals surface area contributed by atoms with Crippen molar-refractivity contribution in [2.45, 2.75) is 6.42 Å². The standard InChI is InChI=1S/C16H16O2/c1-18-12-11-13-7-9-15(10-8-13)16(17)14-5-3-2-4-6-14/h2-10H,11-12H2,1H3. The quantitative estimate of drug-likeness (QED) is 0.751. The fourth-order valence-corrected chi connectivity index (χ4v) is 1.80. The lowest BCUT2D eigenvalue weighted by atomic mass is 10.0. The Morgan fingerprint density at radius 3 is 2.17 bits per heavy atom. The van der Waals surface area contributed by atoms with Crippen LogP contribution in [0.2, 0.25) is 0 Å². The molecule has 0 aliphatic rings. The number of ether oxygens (including phenoxy) is 1. The molecule has 0 heterocycles. The summed E-state index contributed by atoms with van der Waals surface area (Å²) >= 11 is 0. The summed E-state index contributed by atoms with van der Waals surface area (Å²) in [7, 11) is 1.69. The van der Waals surface area contributed by atoms with Crippen LogP contribution in [-0.4, -0.2) is 19.5 Å². The normalized spacial score (nSPS) is 10.3. The van der Waals surface area contributed by atoms with Gasteiger partial charge in [0.05, 0.1) is 6.61 Å². The van der Waals surface area contributed by atoms with Crippen LogP contribution in [0.15, 0.2) is 54.6 Å². The van der Waals surface area contributed by atoms with Crippen molar-refractivity contribution in [2.75, 3.05) is 13.7 Å². The molecule has 0 spiro atoms. The van der Waals surface area contributed by atoms with E-state index in [9.17, 15) is 4.79 Å². The van der Waals surface area contributed by atoms with Gasteiger partial charge in [-0.15, -0.1) is 0 Å². The van der Waals surface area contributed by atoms with Crippen LogP contribution >= 0.6 is 0 Å². The zero-order chi connectivity index (χ0) is 12.8. The van der Waals surface area contributed by atoms with Crippen molar-refractivity contribution in [3.63, 3.8) is 0 Å². The first kappa shape index (κ1) is 12.5. The summed E-state index contributed by atoms with van der Waals surface area (Å²) in [5, 5.41) is 0. The number of benzene rings is 2. The van der Waals surface area contributed by atoms with Gasteiger partial charge in [-0.25, -0.2) is 0 Å². The highest BCUT2D eigenvalue weighted by atomic mass is 16.5. The van der Waals surface area contributed by atoms with E-state index < -0.39 is 0 Å². The lowest BCUT2D eigenvalue weighted by molar-refractivity contribution is 0.103. The van der Waals surface area contributed by atoms with E-state index in [1.54, 1.807) is 7.11 Å². The van der Waals surface area contributed by atoms with Crippen LogP contribution in [0.4, 0.5) is 0 Å². The highest BCUT2D eigenvalue weighted by Crippen LogP contribution is 2.11. The Hall–Kier alpha value is -1.93. The van der Waals surface area contributed by atoms with Gasteiger partial charge in [-0.3, -0.25) is 4.79 Å². The first-order chi connectivity index (χ1) is 8.81. The smallest absolute Gasteiger partial charge is 0.193 e. The van der Waals surface area contributed by atoms with Crippen LogP contribution < -0.4 is 0 Å². The molecule has 0 radical (unpaired) electrons. The molecule has 0 aromatic heterocycles. The van der Waals surface area contributed by atoms with Crippen molar-refractivity contribution in [1.29, 1.82) is 0 Å². The van der Waals surface area contributed by atoms with Crippen LogP contribution in [0.3, 0.4) is 0 Å². The number of carbonyl (C=O) groups is 1. The zero-order valence-corrected chi connectivity index (χ0v) is 10.4. The van der Waals surface area contributed by atoms with Gasteiger partial charge in [0.2, 0.25) is 0 Å². The van der Waals surface area contributed by atoms with Crippen LogP contribution in [0.25, 0.3) is 0 Å². The van der Waals surface area contributed by atoms with Crippen LogP contribution in [0.1, 0.15) is 21.5 Å². The minimum atomic E-state index is 0.0638. The van der Waals surface area contributed by atoms with E-state index in [1.807, 2.05) is 54.6 Å². The molecule has 0 aliphatic carbocycles. The summed E-state index contributed by atoms with van der Waals surface area (Å²) in [6, 6.07) is 17.0. The summed E-state index contributed by atoms with van der Waals surface area (Å²) in [4.78, 5) is 12.1. The summed E-state index contributed by atoms with van der Waals surface area (Å²) < 4.78 is 5.03. The van der Waals surface area contributed by atoms with Crippen molar-refractivity contribution in [3.05, 3.63) is 71.3 Å². The zero-order valence-electron chi connectivity index (χ0n) is 10.4. The molecule has 0 saturated carbocycles. The van der Waals surface area contributed by atoms with Gasteiger partial charge in [0.1, 0.15) is 0 Å². The second kappa shape index (κ2) is 6.12. The maximum atomic E-state index is 12.1. The van der Waals surface area contributed by atoms with Crippen molar-refractivity contribution in [3.8, 4) is 0 Å². The minimum Gasteiger partial charge on any atom is -0.384 e. The highest BCUT2D eigenvalue weighted by molar-refractivity contribution is 6.08. The van der Waals surface area contributed by atoms with Crippen LogP contribution in [0, 0.1) is 0 Å². The number of rotatable bonds is 5. The topological polar surface area (TPSA) is 26.3 Å². The van der Waals surface area contributed by atoms with E-state index >= 15 is 0 Å². The Bertz CT molecular complexity index is 500. The van der Waals surface area contributed by atoms with Gasteiger partial charge < -0.3 is 4.74 Å². The Kier molecular flexibility index (Phi) is 4.26. The second-order valence-electron chi connectivity index (χ2n) is 4.13. The molecule has 0 bridgehead atoms. The van der Waals surface area contributed by atoms with Gasteiger partial charge in [0.15, 0.2) is 5.78 Å². The number of ketones is 1. The van der Waals surface area contributed by atoms with Crippen LogP contribution in [-0.2, 0) is 11.2 Å². The molecule has 0 unspecified atom stereocenters. The van der Waals surface area contributed by atoms with Crippen LogP contribution in [0.5, 0.6) is 0 Å². The molecule has 0 saturated heterocycles. The lowest BCUT2D eigenvalue weighted by Crippen LogP contribution is -2.01. The van der Waals surface area contributed by atoms with Gasteiger partial charge in [-0.2, -0.15) is 0 Å². The van der Waals surface area contributed by atoms with E-state index in [0.29, 0.717) is 6.61 Å². The molecule has 0 amide bonds. The average Bonchev–Trinajstić information content (AvgIpc) is 2.46. The molecule has 0 aliphatic heterocycles. The number of hydrogen-bond donors (Lipinski definition) is 0. The molecular formula is C16H16O2. The molecule has 2 nitrogen and oxygen atoms in total. The fourth-order valence-electron chi connectivity index (χ4n) is 1.80. The summed E-state index contributed by atoms with van der Waals surface area (Å²) in [6.45, 7) is 0.700. The molecule has 0 atom stereocenters. The third-order valence-electron chi connectivity index (χ3n) is 2.85. The summed E-state index contributed by atoms with van der Waals surface area (Å²) in [6.07, 6.45) is 0.871. The Morgan fingerprint density at radius 1 is 0.944 bits per heavy atom. The molecule has 2 aromatic carbocycles. The largest absolute Gasteiger partial charge is 0.384 e. The SMILES string of the molecule is COCCc1ccc(C(=O)c2ccccc2)cc1. The van der Waals surface area contributed by atoms with Crippen molar-refractivity contribution >= 4 is 5.78 Å². The molecule has 2 aromatic rings. The van der Waals surface area contributed by atoms with E-state index in [0.717, 1.165) is 17.5 Å². The Balaban J connectivity index is 2.12. The lowest BCUT2D eigenvalue weighted by Gasteiger charge is -2.03. The summed E-state index contributed by atoms with van der Waals surface area (Å²) in [5.41, 5.74) is 2.63. The molecular weight excluding hydrogens is 224 g/mol. The van der Waals surface area contributed by atoms with Gasteiger partial charge in [-0.1, -0.05) is 54.6 Å². The molecule has 2 heteroatoms. The Morgan fingerprint density at radius 2 is 1.56 bits per heavy atom. The second-order valence-corrected chi connectivity index (χ2v) is 4.13. The number of hydrogen-bond acceptors (Lipinski definition) is 2. The highest BCUT2D eigenvalue weighted by Gasteiger charge is 2.07. The fraction of sp³-hybridized carbons (Fsp3) is 0.188. The first-order valence-corrected chi connectivity index (χ1v) is 5.99.